The van der Waals surface area contributed by atoms with Crippen molar-refractivity contribution >= 4 is 11.6 Å². The topological polar surface area (TPSA) is 41.1 Å². The zero-order valence-corrected chi connectivity index (χ0v) is 10.4. The van der Waals surface area contributed by atoms with E-state index < -0.39 is 0 Å². The first-order valence-corrected chi connectivity index (χ1v) is 6.65. The number of hydrogen-bond acceptors (Lipinski definition) is 4. The molecular formula is C13H20N4. The van der Waals surface area contributed by atoms with Crippen LogP contribution in [-0.2, 0) is 0 Å². The molecule has 0 bridgehead atoms. The van der Waals surface area contributed by atoms with Crippen LogP contribution in [0.25, 0.3) is 0 Å². The summed E-state index contributed by atoms with van der Waals surface area (Å²) in [5.41, 5.74) is 0. The molecule has 2 atom stereocenters. The molecule has 1 aliphatic carbocycles. The summed E-state index contributed by atoms with van der Waals surface area (Å²) in [6.45, 7) is 1.14. The minimum absolute atomic E-state index is 0.713. The summed E-state index contributed by atoms with van der Waals surface area (Å²) < 4.78 is 0. The molecule has 2 unspecified atom stereocenters. The highest BCUT2D eigenvalue weighted by atomic mass is 15.2. The molecule has 17 heavy (non-hydrogen) atoms. The summed E-state index contributed by atoms with van der Waals surface area (Å²) in [4.78, 5) is 11.4. The van der Waals surface area contributed by atoms with Gasteiger partial charge in [-0.2, -0.15) is 0 Å². The monoisotopic (exact) mass is 232 g/mol. The number of hydrogen-bond donors (Lipinski definition) is 1. The maximum Gasteiger partial charge on any atom is 0.149 e. The SMILES string of the molecule is CNc1cncc(N2CCCC3CCCC32)n1. The van der Waals surface area contributed by atoms with Crippen LogP contribution in [0, 0.1) is 5.92 Å². The van der Waals surface area contributed by atoms with Crippen molar-refractivity contribution < 1.29 is 0 Å². The van der Waals surface area contributed by atoms with E-state index in [1.54, 1.807) is 6.20 Å². The van der Waals surface area contributed by atoms with Crippen molar-refractivity contribution in [1.82, 2.24) is 9.97 Å². The quantitative estimate of drug-likeness (QED) is 0.849. The standard InChI is InChI=1S/C13H20N4/c1-14-12-8-15-9-13(16-12)17-7-3-5-10-4-2-6-11(10)17/h8-11H,2-7H2,1H3,(H,14,16). The highest BCUT2D eigenvalue weighted by Crippen LogP contribution is 2.38. The van der Waals surface area contributed by atoms with Crippen molar-refractivity contribution in [2.75, 3.05) is 23.8 Å². The molecule has 0 radical (unpaired) electrons. The number of nitrogens with zero attached hydrogens (tertiary/aromatic N) is 3. The minimum atomic E-state index is 0.713. The van der Waals surface area contributed by atoms with Crippen LogP contribution in [0.15, 0.2) is 12.4 Å². The third-order valence-electron chi connectivity index (χ3n) is 4.17. The van der Waals surface area contributed by atoms with E-state index in [9.17, 15) is 0 Å². The molecule has 4 heteroatoms. The van der Waals surface area contributed by atoms with E-state index in [0.717, 1.165) is 24.1 Å². The molecule has 1 saturated heterocycles. The largest absolute Gasteiger partial charge is 0.372 e. The molecule has 1 saturated carbocycles. The molecule has 2 heterocycles. The maximum atomic E-state index is 4.63. The van der Waals surface area contributed by atoms with Gasteiger partial charge < -0.3 is 10.2 Å². The summed E-state index contributed by atoms with van der Waals surface area (Å²) in [7, 11) is 1.89. The van der Waals surface area contributed by atoms with Crippen LogP contribution in [0.5, 0.6) is 0 Å². The molecule has 1 aromatic rings. The summed E-state index contributed by atoms with van der Waals surface area (Å²) >= 11 is 0. The number of nitrogens with one attached hydrogen (secondary N) is 1. The molecule has 1 aliphatic heterocycles. The maximum absolute atomic E-state index is 4.63. The molecule has 1 aromatic heterocycles. The lowest BCUT2D eigenvalue weighted by Crippen LogP contribution is -2.43. The molecule has 1 N–H and O–H groups in total. The average molecular weight is 232 g/mol. The molecule has 92 valence electrons. The summed E-state index contributed by atoms with van der Waals surface area (Å²) in [5.74, 6) is 2.81. The van der Waals surface area contributed by atoms with Crippen LogP contribution in [0.3, 0.4) is 0 Å². The summed E-state index contributed by atoms with van der Waals surface area (Å²) in [5, 5.41) is 3.07. The normalized spacial score (nSPS) is 27.9. The summed E-state index contributed by atoms with van der Waals surface area (Å²) in [6.07, 6.45) is 10.5. The first-order valence-electron chi connectivity index (χ1n) is 6.65. The summed E-state index contributed by atoms with van der Waals surface area (Å²) in [6, 6.07) is 0.713. The van der Waals surface area contributed by atoms with Gasteiger partial charge in [0.2, 0.25) is 0 Å². The Morgan fingerprint density at radius 3 is 3.00 bits per heavy atom. The van der Waals surface area contributed by atoms with Crippen molar-refractivity contribution in [3.05, 3.63) is 12.4 Å². The fourth-order valence-electron chi connectivity index (χ4n) is 3.35. The van der Waals surface area contributed by atoms with Gasteiger partial charge in [-0.1, -0.05) is 6.42 Å². The Bertz CT molecular complexity index is 393. The smallest absolute Gasteiger partial charge is 0.149 e. The molecule has 3 rings (SSSR count). The van der Waals surface area contributed by atoms with Gasteiger partial charge in [0.05, 0.1) is 12.4 Å². The highest BCUT2D eigenvalue weighted by Gasteiger charge is 2.35. The zero-order chi connectivity index (χ0) is 11.7. The van der Waals surface area contributed by atoms with Gasteiger partial charge in [-0.05, 0) is 31.6 Å². The second kappa shape index (κ2) is 4.51. The van der Waals surface area contributed by atoms with E-state index in [4.69, 9.17) is 0 Å². The number of piperidine rings is 1. The number of anilines is 2. The van der Waals surface area contributed by atoms with Crippen LogP contribution in [0.4, 0.5) is 11.6 Å². The number of fused-ring (bicyclic) bond motifs is 1. The Labute approximate surface area is 102 Å². The van der Waals surface area contributed by atoms with E-state index in [-0.39, 0.29) is 0 Å². The second-order valence-corrected chi connectivity index (χ2v) is 5.11. The van der Waals surface area contributed by atoms with E-state index in [2.05, 4.69) is 20.2 Å². The van der Waals surface area contributed by atoms with Gasteiger partial charge >= 0.3 is 0 Å². The van der Waals surface area contributed by atoms with Crippen LogP contribution < -0.4 is 10.2 Å². The Balaban J connectivity index is 1.86. The van der Waals surface area contributed by atoms with Crippen molar-refractivity contribution in [3.63, 3.8) is 0 Å². The van der Waals surface area contributed by atoms with Crippen LogP contribution in [0.2, 0.25) is 0 Å². The molecular weight excluding hydrogens is 212 g/mol. The molecule has 0 amide bonds. The van der Waals surface area contributed by atoms with Crippen LogP contribution in [0.1, 0.15) is 32.1 Å². The van der Waals surface area contributed by atoms with E-state index in [0.29, 0.717) is 6.04 Å². The van der Waals surface area contributed by atoms with Gasteiger partial charge in [0.1, 0.15) is 11.6 Å². The van der Waals surface area contributed by atoms with E-state index in [1.807, 2.05) is 13.2 Å². The predicted octanol–water partition coefficient (Wildman–Crippen LogP) is 2.29. The molecule has 0 aromatic carbocycles. The number of rotatable bonds is 2. The van der Waals surface area contributed by atoms with Crippen molar-refractivity contribution in [2.45, 2.75) is 38.1 Å². The molecule has 4 nitrogen and oxygen atoms in total. The zero-order valence-electron chi connectivity index (χ0n) is 10.4. The lowest BCUT2D eigenvalue weighted by molar-refractivity contribution is 0.360. The van der Waals surface area contributed by atoms with Crippen LogP contribution >= 0.6 is 0 Å². The number of aromatic nitrogens is 2. The fourth-order valence-corrected chi connectivity index (χ4v) is 3.35. The third kappa shape index (κ3) is 1.96. The first-order chi connectivity index (χ1) is 8.38. The van der Waals surface area contributed by atoms with Crippen molar-refractivity contribution in [2.24, 2.45) is 5.92 Å². The van der Waals surface area contributed by atoms with Gasteiger partial charge in [-0.3, -0.25) is 4.98 Å². The highest BCUT2D eigenvalue weighted by molar-refractivity contribution is 5.45. The van der Waals surface area contributed by atoms with Gasteiger partial charge in [0.15, 0.2) is 0 Å². The van der Waals surface area contributed by atoms with Crippen LogP contribution in [-0.4, -0.2) is 29.6 Å². The lowest BCUT2D eigenvalue weighted by Gasteiger charge is -2.38. The Hall–Kier alpha value is -1.32. The van der Waals surface area contributed by atoms with Gasteiger partial charge in [-0.25, -0.2) is 4.98 Å². The Morgan fingerprint density at radius 1 is 1.24 bits per heavy atom. The predicted molar refractivity (Wildman–Crippen MR) is 69.3 cm³/mol. The lowest BCUT2D eigenvalue weighted by atomic mass is 9.92. The molecule has 2 aliphatic rings. The molecule has 0 spiro atoms. The fraction of sp³-hybridized carbons (Fsp3) is 0.692. The van der Waals surface area contributed by atoms with Crippen molar-refractivity contribution in [3.8, 4) is 0 Å². The first kappa shape index (κ1) is 10.8. The van der Waals surface area contributed by atoms with Gasteiger partial charge in [0.25, 0.3) is 0 Å². The molecule has 2 fully saturated rings. The van der Waals surface area contributed by atoms with Crippen molar-refractivity contribution in [1.29, 1.82) is 0 Å². The van der Waals surface area contributed by atoms with Gasteiger partial charge in [-0.15, -0.1) is 0 Å². The minimum Gasteiger partial charge on any atom is -0.372 e. The van der Waals surface area contributed by atoms with E-state index in [1.165, 1.54) is 32.1 Å². The second-order valence-electron chi connectivity index (χ2n) is 5.11. The van der Waals surface area contributed by atoms with Gasteiger partial charge in [0, 0.05) is 19.6 Å². The Morgan fingerprint density at radius 2 is 2.12 bits per heavy atom. The third-order valence-corrected chi connectivity index (χ3v) is 4.17. The Kier molecular flexibility index (Phi) is 2.87. The average Bonchev–Trinajstić information content (AvgIpc) is 2.87. The van der Waals surface area contributed by atoms with E-state index >= 15 is 0 Å².